The Hall–Kier alpha value is -2.21. The molecule has 1 aliphatic heterocycles. The zero-order chi connectivity index (χ0) is 22.2. The number of pyridine rings is 1. The summed E-state index contributed by atoms with van der Waals surface area (Å²) in [5, 5.41) is 1.02. The SMILES string of the molecule is CC(C)(C)OC(=O)N1CCc2[nH]c3c(Cl)ccc(OC4CCCCC4)c3c(=O)c2CC1. The van der Waals surface area contributed by atoms with Crippen LogP contribution in [0.25, 0.3) is 10.9 Å². The van der Waals surface area contributed by atoms with Gasteiger partial charge in [0.25, 0.3) is 0 Å². The maximum absolute atomic E-state index is 13.6. The van der Waals surface area contributed by atoms with E-state index in [2.05, 4.69) is 4.98 Å². The van der Waals surface area contributed by atoms with E-state index in [1.165, 1.54) is 6.42 Å². The van der Waals surface area contributed by atoms with Crippen LogP contribution in [0, 0.1) is 0 Å². The van der Waals surface area contributed by atoms with E-state index in [1.807, 2.05) is 26.8 Å². The van der Waals surface area contributed by atoms with Gasteiger partial charge in [-0.25, -0.2) is 4.79 Å². The molecule has 1 aliphatic carbocycles. The minimum atomic E-state index is -0.556. The molecule has 2 aromatic rings. The molecule has 0 unspecified atom stereocenters. The van der Waals surface area contributed by atoms with Crippen molar-refractivity contribution in [3.05, 3.63) is 38.6 Å². The maximum Gasteiger partial charge on any atom is 0.410 e. The van der Waals surface area contributed by atoms with Gasteiger partial charge in [-0.2, -0.15) is 0 Å². The number of hydrogen-bond acceptors (Lipinski definition) is 4. The van der Waals surface area contributed by atoms with Gasteiger partial charge in [-0.05, 0) is 65.0 Å². The first-order chi connectivity index (χ1) is 14.7. The molecule has 168 valence electrons. The quantitative estimate of drug-likeness (QED) is 0.685. The van der Waals surface area contributed by atoms with Gasteiger partial charge >= 0.3 is 6.09 Å². The topological polar surface area (TPSA) is 71.6 Å². The fourth-order valence-electron chi connectivity index (χ4n) is 4.47. The number of rotatable bonds is 2. The van der Waals surface area contributed by atoms with E-state index in [9.17, 15) is 9.59 Å². The van der Waals surface area contributed by atoms with E-state index < -0.39 is 5.60 Å². The highest BCUT2D eigenvalue weighted by molar-refractivity contribution is 6.35. The molecule has 1 saturated carbocycles. The molecule has 2 aliphatic rings. The highest BCUT2D eigenvalue weighted by Gasteiger charge is 2.27. The largest absolute Gasteiger partial charge is 0.490 e. The minimum absolute atomic E-state index is 0.0527. The zero-order valence-corrected chi connectivity index (χ0v) is 19.3. The molecule has 0 saturated heterocycles. The summed E-state index contributed by atoms with van der Waals surface area (Å²) in [5.74, 6) is 0.601. The van der Waals surface area contributed by atoms with Crippen molar-refractivity contribution in [2.24, 2.45) is 0 Å². The summed E-state index contributed by atoms with van der Waals surface area (Å²) in [6.45, 7) is 6.48. The lowest BCUT2D eigenvalue weighted by molar-refractivity contribution is 0.0258. The summed E-state index contributed by atoms with van der Waals surface area (Å²) >= 11 is 6.47. The summed E-state index contributed by atoms with van der Waals surface area (Å²) in [6, 6.07) is 3.60. The Morgan fingerprint density at radius 1 is 1.13 bits per heavy atom. The molecular weight excluding hydrogens is 416 g/mol. The Kier molecular flexibility index (Phi) is 6.20. The lowest BCUT2D eigenvalue weighted by atomic mass is 9.97. The third kappa shape index (κ3) is 4.84. The monoisotopic (exact) mass is 446 g/mol. The van der Waals surface area contributed by atoms with Crippen molar-refractivity contribution < 1.29 is 14.3 Å². The number of carbonyl (C=O) groups excluding carboxylic acids is 1. The van der Waals surface area contributed by atoms with Crippen LogP contribution in [0.2, 0.25) is 5.02 Å². The predicted molar refractivity (Wildman–Crippen MR) is 122 cm³/mol. The standard InChI is InChI=1S/C24H31ClN2O4/c1-24(2,3)31-23(29)27-13-11-16-18(12-14-27)26-21-17(25)9-10-19(20(21)22(16)28)30-15-7-5-4-6-8-15/h9-10,15H,4-8,11-14H2,1-3H3,(H,26,28). The predicted octanol–water partition coefficient (Wildman–Crippen LogP) is 5.23. The average Bonchev–Trinajstić information content (AvgIpc) is 2.93. The molecule has 0 bridgehead atoms. The molecule has 0 spiro atoms. The molecule has 1 amide bonds. The van der Waals surface area contributed by atoms with Crippen molar-refractivity contribution >= 4 is 28.6 Å². The van der Waals surface area contributed by atoms with Gasteiger partial charge in [0.15, 0.2) is 5.43 Å². The molecular formula is C24H31ClN2O4. The smallest absolute Gasteiger partial charge is 0.410 e. The number of halogens is 1. The van der Waals surface area contributed by atoms with Crippen LogP contribution in [0.4, 0.5) is 4.79 Å². The number of fused-ring (bicyclic) bond motifs is 2. The molecule has 31 heavy (non-hydrogen) atoms. The molecule has 7 heteroatoms. The Morgan fingerprint density at radius 2 is 1.84 bits per heavy atom. The van der Waals surface area contributed by atoms with Crippen LogP contribution in [0.3, 0.4) is 0 Å². The van der Waals surface area contributed by atoms with Crippen LogP contribution < -0.4 is 10.2 Å². The van der Waals surface area contributed by atoms with E-state index in [0.29, 0.717) is 53.2 Å². The second-order valence-electron chi connectivity index (χ2n) is 9.55. The molecule has 4 rings (SSSR count). The molecule has 0 atom stereocenters. The third-order valence-corrected chi connectivity index (χ3v) is 6.33. The molecule has 1 aromatic carbocycles. The molecule has 1 N–H and O–H groups in total. The van der Waals surface area contributed by atoms with Gasteiger partial charge in [0.1, 0.15) is 11.4 Å². The van der Waals surface area contributed by atoms with Gasteiger partial charge in [0.2, 0.25) is 0 Å². The lowest BCUT2D eigenvalue weighted by Crippen LogP contribution is -2.38. The summed E-state index contributed by atoms with van der Waals surface area (Å²) < 4.78 is 11.8. The highest BCUT2D eigenvalue weighted by atomic mass is 35.5. The van der Waals surface area contributed by atoms with E-state index >= 15 is 0 Å². The number of nitrogens with one attached hydrogen (secondary N) is 1. The van der Waals surface area contributed by atoms with E-state index in [1.54, 1.807) is 11.0 Å². The van der Waals surface area contributed by atoms with E-state index in [4.69, 9.17) is 21.1 Å². The molecule has 6 nitrogen and oxygen atoms in total. The van der Waals surface area contributed by atoms with Gasteiger partial charge < -0.3 is 19.4 Å². The Labute approximate surface area is 187 Å². The number of benzene rings is 1. The second kappa shape index (κ2) is 8.73. The van der Waals surface area contributed by atoms with Crippen LogP contribution in [0.15, 0.2) is 16.9 Å². The highest BCUT2D eigenvalue weighted by Crippen LogP contribution is 2.32. The summed E-state index contributed by atoms with van der Waals surface area (Å²) in [4.78, 5) is 31.2. The lowest BCUT2D eigenvalue weighted by Gasteiger charge is -2.26. The number of H-pyrrole nitrogens is 1. The second-order valence-corrected chi connectivity index (χ2v) is 9.96. The molecule has 1 aromatic heterocycles. The Morgan fingerprint density at radius 3 is 2.55 bits per heavy atom. The van der Waals surface area contributed by atoms with E-state index in [-0.39, 0.29) is 17.6 Å². The summed E-state index contributed by atoms with van der Waals surface area (Å²) in [5.41, 5.74) is 1.54. The first-order valence-electron chi connectivity index (χ1n) is 11.2. The van der Waals surface area contributed by atoms with Crippen LogP contribution >= 0.6 is 11.6 Å². The van der Waals surface area contributed by atoms with Crippen LogP contribution in [-0.2, 0) is 17.6 Å². The Bertz CT molecular complexity index is 1030. The van der Waals surface area contributed by atoms with Gasteiger partial charge in [-0.1, -0.05) is 18.0 Å². The molecule has 1 fully saturated rings. The van der Waals surface area contributed by atoms with Crippen LogP contribution in [0.5, 0.6) is 5.75 Å². The number of ether oxygens (including phenoxy) is 2. The minimum Gasteiger partial charge on any atom is -0.490 e. The van der Waals surface area contributed by atoms with Crippen molar-refractivity contribution in [1.82, 2.24) is 9.88 Å². The molecule has 0 radical (unpaired) electrons. The van der Waals surface area contributed by atoms with Crippen molar-refractivity contribution in [2.75, 3.05) is 13.1 Å². The number of carbonyl (C=O) groups is 1. The first kappa shape index (κ1) is 22.0. The van der Waals surface area contributed by atoms with Crippen molar-refractivity contribution in [2.45, 2.75) is 77.4 Å². The van der Waals surface area contributed by atoms with Gasteiger partial charge in [0, 0.05) is 30.8 Å². The summed E-state index contributed by atoms with van der Waals surface area (Å²) in [7, 11) is 0. The fraction of sp³-hybridized carbons (Fsp3) is 0.583. The fourth-order valence-corrected chi connectivity index (χ4v) is 4.68. The number of hydrogen-bond donors (Lipinski definition) is 1. The third-order valence-electron chi connectivity index (χ3n) is 6.02. The normalized spacial score (nSPS) is 17.9. The van der Waals surface area contributed by atoms with Crippen molar-refractivity contribution in [3.8, 4) is 5.75 Å². The van der Waals surface area contributed by atoms with Gasteiger partial charge in [-0.3, -0.25) is 4.79 Å². The first-order valence-corrected chi connectivity index (χ1v) is 11.6. The zero-order valence-electron chi connectivity index (χ0n) is 18.6. The van der Waals surface area contributed by atoms with Crippen LogP contribution in [0.1, 0.15) is 64.1 Å². The van der Waals surface area contributed by atoms with E-state index in [0.717, 1.165) is 31.4 Å². The van der Waals surface area contributed by atoms with Crippen LogP contribution in [-0.4, -0.2) is 40.8 Å². The maximum atomic E-state index is 13.6. The van der Waals surface area contributed by atoms with Crippen molar-refractivity contribution in [1.29, 1.82) is 0 Å². The number of amides is 1. The number of aromatic nitrogens is 1. The summed E-state index contributed by atoms with van der Waals surface area (Å²) in [6.07, 6.45) is 6.37. The van der Waals surface area contributed by atoms with Gasteiger partial charge in [0.05, 0.1) is 22.0 Å². The average molecular weight is 447 g/mol. The number of aromatic amines is 1. The molecule has 2 heterocycles. The van der Waals surface area contributed by atoms with Gasteiger partial charge in [-0.15, -0.1) is 0 Å². The number of nitrogens with zero attached hydrogens (tertiary/aromatic N) is 1. The Balaban J connectivity index is 1.66. The van der Waals surface area contributed by atoms with Crippen molar-refractivity contribution in [3.63, 3.8) is 0 Å².